The predicted octanol–water partition coefficient (Wildman–Crippen LogP) is 0.401. The third kappa shape index (κ3) is 9.67. The van der Waals surface area contributed by atoms with Crippen molar-refractivity contribution in [2.75, 3.05) is 13.7 Å². The molecule has 0 aliphatic rings. The minimum atomic E-state index is -0.672. The maximum Gasteiger partial charge on any atom is 0.0824 e. The van der Waals surface area contributed by atoms with Gasteiger partial charge in [-0.05, 0) is 13.8 Å². The normalized spacial score (nSPS) is 10.5. The molecule has 8 heavy (non-hydrogen) atoms. The summed E-state index contributed by atoms with van der Waals surface area (Å²) in [5, 5.41) is 8.89. The molecule has 0 aliphatic heterocycles. The first-order valence-corrected chi connectivity index (χ1v) is 2.27. The van der Waals surface area contributed by atoms with Crippen molar-refractivity contribution in [3.63, 3.8) is 0 Å². The molecule has 0 aromatic carbocycles. The molecule has 0 bridgehead atoms. The van der Waals surface area contributed by atoms with Crippen LogP contribution in [0.4, 0.5) is 0 Å². The van der Waals surface area contributed by atoms with E-state index in [1.165, 1.54) is 0 Å². The summed E-state index contributed by atoms with van der Waals surface area (Å²) in [6.07, 6.45) is 0. The molecular formula is C5H12FeO2. The van der Waals surface area contributed by atoms with E-state index in [0.717, 1.165) is 0 Å². The molecule has 0 unspecified atom stereocenters. The van der Waals surface area contributed by atoms with Crippen LogP contribution in [0.25, 0.3) is 0 Å². The van der Waals surface area contributed by atoms with Crippen LogP contribution in [0, 0.1) is 0 Å². The minimum absolute atomic E-state index is 0. The Bertz CT molecular complexity index is 48.9. The maximum atomic E-state index is 8.89. The molecule has 0 saturated carbocycles. The fourth-order valence-corrected chi connectivity index (χ4v) is 0.353. The van der Waals surface area contributed by atoms with E-state index in [2.05, 4.69) is 4.74 Å². The summed E-state index contributed by atoms with van der Waals surface area (Å²) in [5.74, 6) is 0. The standard InChI is InChI=1S/C5H12O2.Fe/c1-5(2,6)4-7-3;/h6H,4H2,1-3H3;. The Balaban J connectivity index is 0. The van der Waals surface area contributed by atoms with Crippen molar-refractivity contribution in [3.8, 4) is 0 Å². The molecule has 0 aliphatic carbocycles. The van der Waals surface area contributed by atoms with Crippen LogP contribution in [-0.4, -0.2) is 24.4 Å². The summed E-state index contributed by atoms with van der Waals surface area (Å²) in [7, 11) is 1.57. The average molecular weight is 160 g/mol. The van der Waals surface area contributed by atoms with Crippen molar-refractivity contribution in [1.29, 1.82) is 0 Å². The van der Waals surface area contributed by atoms with Crippen molar-refractivity contribution in [3.05, 3.63) is 0 Å². The van der Waals surface area contributed by atoms with Crippen molar-refractivity contribution >= 4 is 0 Å². The van der Waals surface area contributed by atoms with Crippen molar-refractivity contribution in [2.45, 2.75) is 19.4 Å². The third-order valence-electron chi connectivity index (χ3n) is 0.498. The van der Waals surface area contributed by atoms with E-state index in [4.69, 9.17) is 5.11 Å². The zero-order valence-electron chi connectivity index (χ0n) is 5.42. The van der Waals surface area contributed by atoms with Gasteiger partial charge in [-0.3, -0.25) is 0 Å². The van der Waals surface area contributed by atoms with Gasteiger partial charge in [0.1, 0.15) is 0 Å². The fraction of sp³-hybridized carbons (Fsp3) is 1.00. The van der Waals surface area contributed by atoms with Crippen LogP contribution in [0.3, 0.4) is 0 Å². The van der Waals surface area contributed by atoms with Crippen LogP contribution in [0.15, 0.2) is 0 Å². The van der Waals surface area contributed by atoms with E-state index < -0.39 is 5.60 Å². The van der Waals surface area contributed by atoms with E-state index in [1.54, 1.807) is 21.0 Å². The third-order valence-corrected chi connectivity index (χ3v) is 0.498. The molecule has 0 amide bonds. The van der Waals surface area contributed by atoms with Crippen molar-refractivity contribution < 1.29 is 26.9 Å². The van der Waals surface area contributed by atoms with Gasteiger partial charge in [0.15, 0.2) is 0 Å². The Labute approximate surface area is 60.7 Å². The van der Waals surface area contributed by atoms with Crippen LogP contribution in [0.1, 0.15) is 13.8 Å². The summed E-state index contributed by atoms with van der Waals surface area (Å²) in [4.78, 5) is 0. The second-order valence-electron chi connectivity index (χ2n) is 2.25. The molecular weight excluding hydrogens is 148 g/mol. The zero-order valence-corrected chi connectivity index (χ0v) is 6.52. The molecule has 3 heteroatoms. The largest absolute Gasteiger partial charge is 0.388 e. The molecule has 0 heterocycles. The smallest absolute Gasteiger partial charge is 0.0824 e. The second-order valence-corrected chi connectivity index (χ2v) is 2.25. The van der Waals surface area contributed by atoms with Gasteiger partial charge < -0.3 is 9.84 Å². The van der Waals surface area contributed by atoms with E-state index in [-0.39, 0.29) is 17.1 Å². The van der Waals surface area contributed by atoms with Crippen LogP contribution < -0.4 is 0 Å². The summed E-state index contributed by atoms with van der Waals surface area (Å²) in [6.45, 7) is 3.81. The number of methoxy groups -OCH3 is 1. The first-order chi connectivity index (χ1) is 3.06. The molecule has 0 fully saturated rings. The van der Waals surface area contributed by atoms with Gasteiger partial charge in [0, 0.05) is 24.2 Å². The molecule has 0 spiro atoms. The molecule has 0 saturated heterocycles. The summed E-state index contributed by atoms with van der Waals surface area (Å²) in [6, 6.07) is 0. The topological polar surface area (TPSA) is 29.5 Å². The van der Waals surface area contributed by atoms with Crippen molar-refractivity contribution in [2.24, 2.45) is 0 Å². The Kier molecular flexibility index (Phi) is 6.10. The fourth-order valence-electron chi connectivity index (χ4n) is 0.353. The Morgan fingerprint density at radius 2 is 1.88 bits per heavy atom. The molecule has 2 nitrogen and oxygen atoms in total. The van der Waals surface area contributed by atoms with Gasteiger partial charge in [-0.1, -0.05) is 0 Å². The molecule has 52 valence electrons. The van der Waals surface area contributed by atoms with Gasteiger partial charge in [-0.2, -0.15) is 0 Å². The molecule has 0 rings (SSSR count). The van der Waals surface area contributed by atoms with Gasteiger partial charge in [0.05, 0.1) is 12.2 Å². The van der Waals surface area contributed by atoms with Gasteiger partial charge in [-0.25, -0.2) is 0 Å². The van der Waals surface area contributed by atoms with Crippen LogP contribution in [-0.2, 0) is 21.8 Å². The van der Waals surface area contributed by atoms with Crippen LogP contribution in [0.5, 0.6) is 0 Å². The molecule has 0 aromatic heterocycles. The number of hydrogen-bond donors (Lipinski definition) is 1. The number of hydrogen-bond acceptors (Lipinski definition) is 2. The van der Waals surface area contributed by atoms with E-state index in [9.17, 15) is 0 Å². The van der Waals surface area contributed by atoms with Gasteiger partial charge in [0.25, 0.3) is 0 Å². The maximum absolute atomic E-state index is 8.89. The Morgan fingerprint density at radius 3 is 1.88 bits per heavy atom. The summed E-state index contributed by atoms with van der Waals surface area (Å²) < 4.78 is 4.66. The van der Waals surface area contributed by atoms with E-state index >= 15 is 0 Å². The SMILES string of the molecule is COCC(C)(C)O.[Fe]. The zero-order chi connectivity index (χ0) is 5.91. The minimum Gasteiger partial charge on any atom is -0.388 e. The van der Waals surface area contributed by atoms with Crippen molar-refractivity contribution in [1.82, 2.24) is 0 Å². The molecule has 0 atom stereocenters. The van der Waals surface area contributed by atoms with Crippen LogP contribution >= 0.6 is 0 Å². The van der Waals surface area contributed by atoms with E-state index in [1.807, 2.05) is 0 Å². The molecule has 0 radical (unpaired) electrons. The van der Waals surface area contributed by atoms with Crippen LogP contribution in [0.2, 0.25) is 0 Å². The monoisotopic (exact) mass is 160 g/mol. The second kappa shape index (κ2) is 4.33. The molecule has 1 N–H and O–H groups in total. The van der Waals surface area contributed by atoms with E-state index in [0.29, 0.717) is 6.61 Å². The van der Waals surface area contributed by atoms with Gasteiger partial charge in [0.2, 0.25) is 0 Å². The Morgan fingerprint density at radius 1 is 1.50 bits per heavy atom. The number of aliphatic hydroxyl groups is 1. The van der Waals surface area contributed by atoms with Gasteiger partial charge >= 0.3 is 0 Å². The predicted molar refractivity (Wildman–Crippen MR) is 28.2 cm³/mol. The molecule has 0 aromatic rings. The average Bonchev–Trinajstić information content (AvgIpc) is 1.30. The number of rotatable bonds is 2. The number of ether oxygens (including phenoxy) is 1. The van der Waals surface area contributed by atoms with Gasteiger partial charge in [-0.15, -0.1) is 0 Å². The Hall–Kier alpha value is 0.439. The first kappa shape index (κ1) is 11.3. The quantitative estimate of drug-likeness (QED) is 0.592. The summed E-state index contributed by atoms with van der Waals surface area (Å²) >= 11 is 0. The first-order valence-electron chi connectivity index (χ1n) is 2.27. The summed E-state index contributed by atoms with van der Waals surface area (Å²) in [5.41, 5.74) is -0.672.